The van der Waals surface area contributed by atoms with Crippen LogP contribution < -0.4 is 5.32 Å². The Labute approximate surface area is 202 Å². The molecular weight excluding hydrogens is 456 g/mol. The zero-order valence-electron chi connectivity index (χ0n) is 18.2. The van der Waals surface area contributed by atoms with E-state index in [1.165, 1.54) is 4.90 Å². The standard InChI is InChI=1S/C25H24N2O4S2/c1-2-3-16-31-24(30)19-12-14-20(15-13-19)26-22(28)17-27-23(29)21(33-25(27)32)11-7-10-18-8-5-4-6-9-18/h4-15H,2-3,16-17H2,1H3,(H,26,28)/b10-7+,21-11-. The van der Waals surface area contributed by atoms with E-state index in [9.17, 15) is 14.4 Å². The highest BCUT2D eigenvalue weighted by molar-refractivity contribution is 8.26. The molecule has 0 atom stereocenters. The van der Waals surface area contributed by atoms with Gasteiger partial charge >= 0.3 is 5.97 Å². The van der Waals surface area contributed by atoms with Gasteiger partial charge in [0, 0.05) is 5.69 Å². The topological polar surface area (TPSA) is 75.7 Å². The van der Waals surface area contributed by atoms with Crippen molar-refractivity contribution in [2.75, 3.05) is 18.5 Å². The Morgan fingerprint density at radius 1 is 1.12 bits per heavy atom. The molecule has 0 aliphatic carbocycles. The Kier molecular flexibility index (Phi) is 8.97. The third-order valence-corrected chi connectivity index (χ3v) is 6.04. The fourth-order valence-electron chi connectivity index (χ4n) is 2.89. The molecule has 6 nitrogen and oxygen atoms in total. The molecule has 1 aliphatic rings. The lowest BCUT2D eigenvalue weighted by Gasteiger charge is -2.14. The lowest BCUT2D eigenvalue weighted by atomic mass is 10.2. The number of anilines is 1. The molecule has 0 unspecified atom stereocenters. The quantitative estimate of drug-likeness (QED) is 0.235. The van der Waals surface area contributed by atoms with Crippen molar-refractivity contribution in [1.29, 1.82) is 0 Å². The van der Waals surface area contributed by atoms with Gasteiger partial charge in [-0.3, -0.25) is 14.5 Å². The van der Waals surface area contributed by atoms with Crippen molar-refractivity contribution in [3.8, 4) is 0 Å². The second-order valence-corrected chi connectivity index (χ2v) is 8.85. The maximum Gasteiger partial charge on any atom is 0.338 e. The Morgan fingerprint density at radius 3 is 2.55 bits per heavy atom. The molecule has 1 heterocycles. The Hall–Kier alpha value is -3.23. The Balaban J connectivity index is 1.54. The molecular formula is C25H24N2O4S2. The first-order valence-corrected chi connectivity index (χ1v) is 11.7. The number of carbonyl (C=O) groups excluding carboxylic acids is 3. The molecule has 0 spiro atoms. The van der Waals surface area contributed by atoms with E-state index >= 15 is 0 Å². The van der Waals surface area contributed by atoms with Gasteiger partial charge in [-0.1, -0.05) is 79.8 Å². The van der Waals surface area contributed by atoms with Gasteiger partial charge in [0.1, 0.15) is 10.9 Å². The fourth-order valence-corrected chi connectivity index (χ4v) is 4.09. The van der Waals surface area contributed by atoms with Crippen molar-refractivity contribution in [3.05, 3.63) is 82.8 Å². The van der Waals surface area contributed by atoms with Crippen LogP contribution in [0.3, 0.4) is 0 Å². The number of hydrogen-bond donors (Lipinski definition) is 1. The molecule has 0 bridgehead atoms. The number of allylic oxidation sites excluding steroid dienone is 2. The summed E-state index contributed by atoms with van der Waals surface area (Å²) in [6.07, 6.45) is 7.14. The third kappa shape index (κ3) is 7.13. The summed E-state index contributed by atoms with van der Waals surface area (Å²) in [6, 6.07) is 16.1. The van der Waals surface area contributed by atoms with E-state index in [0.29, 0.717) is 27.1 Å². The van der Waals surface area contributed by atoms with Gasteiger partial charge in [0.2, 0.25) is 5.91 Å². The van der Waals surface area contributed by atoms with Crippen LogP contribution in [0.2, 0.25) is 0 Å². The normalized spacial score (nSPS) is 14.8. The van der Waals surface area contributed by atoms with Crippen LogP contribution in [-0.2, 0) is 14.3 Å². The molecule has 3 rings (SSSR count). The van der Waals surface area contributed by atoms with Gasteiger partial charge in [0.05, 0.1) is 17.1 Å². The van der Waals surface area contributed by atoms with Gasteiger partial charge in [0.15, 0.2) is 0 Å². The number of amides is 2. The van der Waals surface area contributed by atoms with E-state index < -0.39 is 5.97 Å². The number of nitrogens with one attached hydrogen (secondary N) is 1. The maximum atomic E-state index is 12.7. The number of thioether (sulfide) groups is 1. The Bertz CT molecular complexity index is 1080. The lowest BCUT2D eigenvalue weighted by molar-refractivity contribution is -0.126. The van der Waals surface area contributed by atoms with Crippen molar-refractivity contribution in [2.45, 2.75) is 19.8 Å². The summed E-state index contributed by atoms with van der Waals surface area (Å²) < 4.78 is 5.50. The molecule has 2 amide bonds. The average Bonchev–Trinajstić information content (AvgIpc) is 3.08. The van der Waals surface area contributed by atoms with Crippen molar-refractivity contribution in [3.63, 3.8) is 0 Å². The summed E-state index contributed by atoms with van der Waals surface area (Å²) in [7, 11) is 0. The first kappa shape index (κ1) is 24.4. The Morgan fingerprint density at radius 2 is 1.85 bits per heavy atom. The minimum absolute atomic E-state index is 0.189. The smallest absolute Gasteiger partial charge is 0.338 e. The van der Waals surface area contributed by atoms with Crippen LogP contribution in [0, 0.1) is 0 Å². The number of esters is 1. The maximum absolute atomic E-state index is 12.7. The highest BCUT2D eigenvalue weighted by atomic mass is 32.2. The van der Waals surface area contributed by atoms with Gasteiger partial charge in [-0.05, 0) is 42.3 Å². The van der Waals surface area contributed by atoms with Gasteiger partial charge in [0.25, 0.3) is 5.91 Å². The molecule has 170 valence electrons. The van der Waals surface area contributed by atoms with Gasteiger partial charge in [-0.2, -0.15) is 0 Å². The van der Waals surface area contributed by atoms with Crippen LogP contribution in [-0.4, -0.2) is 40.2 Å². The van der Waals surface area contributed by atoms with Crippen molar-refractivity contribution < 1.29 is 19.1 Å². The zero-order chi connectivity index (χ0) is 23.6. The van der Waals surface area contributed by atoms with Crippen LogP contribution in [0.4, 0.5) is 5.69 Å². The van der Waals surface area contributed by atoms with Crippen LogP contribution in [0.5, 0.6) is 0 Å². The minimum atomic E-state index is -0.396. The first-order valence-electron chi connectivity index (χ1n) is 10.5. The largest absolute Gasteiger partial charge is 0.462 e. The predicted molar refractivity (Wildman–Crippen MR) is 136 cm³/mol. The predicted octanol–water partition coefficient (Wildman–Crippen LogP) is 5.04. The summed E-state index contributed by atoms with van der Waals surface area (Å²) in [5, 5.41) is 2.72. The second kappa shape index (κ2) is 12.1. The van der Waals surface area contributed by atoms with Gasteiger partial charge < -0.3 is 10.1 Å². The summed E-state index contributed by atoms with van der Waals surface area (Å²) in [5.74, 6) is -1.08. The number of ether oxygens (including phenoxy) is 1. The molecule has 1 aliphatic heterocycles. The van der Waals surface area contributed by atoms with Gasteiger partial charge in [-0.25, -0.2) is 4.79 Å². The SMILES string of the molecule is CCCCOC(=O)c1ccc(NC(=O)CN2C(=O)/C(=C/C=C/c3ccccc3)SC2=S)cc1. The highest BCUT2D eigenvalue weighted by Gasteiger charge is 2.33. The number of rotatable bonds is 9. The number of unbranched alkanes of at least 4 members (excludes halogenated alkanes) is 1. The van der Waals surface area contributed by atoms with E-state index in [4.69, 9.17) is 17.0 Å². The third-order valence-electron chi connectivity index (χ3n) is 4.65. The molecule has 8 heteroatoms. The van der Waals surface area contributed by atoms with Crippen LogP contribution in [0.1, 0.15) is 35.7 Å². The molecule has 0 radical (unpaired) electrons. The highest BCUT2D eigenvalue weighted by Crippen LogP contribution is 2.30. The number of carbonyl (C=O) groups is 3. The summed E-state index contributed by atoms with van der Waals surface area (Å²) in [5.41, 5.74) is 1.94. The summed E-state index contributed by atoms with van der Waals surface area (Å²) >= 11 is 6.45. The van der Waals surface area contributed by atoms with Crippen molar-refractivity contribution in [1.82, 2.24) is 4.90 Å². The summed E-state index contributed by atoms with van der Waals surface area (Å²) in [4.78, 5) is 38.8. The summed E-state index contributed by atoms with van der Waals surface area (Å²) in [6.45, 7) is 2.21. The van der Waals surface area contributed by atoms with Crippen molar-refractivity contribution >= 4 is 57.8 Å². The van der Waals surface area contributed by atoms with E-state index in [2.05, 4.69) is 5.32 Å². The molecule has 2 aromatic rings. The number of thiocarbonyl (C=S) groups is 1. The molecule has 0 saturated carbocycles. The molecule has 33 heavy (non-hydrogen) atoms. The number of benzene rings is 2. The molecule has 2 aromatic carbocycles. The molecule has 1 fully saturated rings. The monoisotopic (exact) mass is 480 g/mol. The fraction of sp³-hybridized carbons (Fsp3) is 0.200. The zero-order valence-corrected chi connectivity index (χ0v) is 19.8. The van der Waals surface area contributed by atoms with E-state index in [1.807, 2.05) is 43.3 Å². The number of hydrogen-bond acceptors (Lipinski definition) is 6. The second-order valence-electron chi connectivity index (χ2n) is 7.17. The first-order chi connectivity index (χ1) is 16.0. The average molecular weight is 481 g/mol. The van der Waals surface area contributed by atoms with Crippen LogP contribution >= 0.6 is 24.0 Å². The van der Waals surface area contributed by atoms with E-state index in [0.717, 1.165) is 30.2 Å². The van der Waals surface area contributed by atoms with Crippen molar-refractivity contribution in [2.24, 2.45) is 0 Å². The van der Waals surface area contributed by atoms with E-state index in [-0.39, 0.29) is 18.4 Å². The van der Waals surface area contributed by atoms with Gasteiger partial charge in [-0.15, -0.1) is 0 Å². The van der Waals surface area contributed by atoms with E-state index in [1.54, 1.807) is 36.4 Å². The molecule has 0 aromatic heterocycles. The lowest BCUT2D eigenvalue weighted by Crippen LogP contribution is -2.36. The molecule has 1 N–H and O–H groups in total. The minimum Gasteiger partial charge on any atom is -0.462 e. The van der Waals surface area contributed by atoms with Crippen LogP contribution in [0.15, 0.2) is 71.7 Å². The molecule has 1 saturated heterocycles. The van der Waals surface area contributed by atoms with Crippen LogP contribution in [0.25, 0.3) is 6.08 Å². The number of nitrogens with zero attached hydrogens (tertiary/aromatic N) is 1.